The fourth-order valence-corrected chi connectivity index (χ4v) is 2.12. The maximum absolute atomic E-state index is 12.0. The second-order valence-corrected chi connectivity index (χ2v) is 5.15. The standard InChI is InChI=1S/C15H23NO4/c1-11(2)13(18)15(10-17,14(19)20-3)16-9-12-7-5-4-6-8-12/h4-8,11,13,16-18H,9-10H2,1-3H3/t13-,15+/m0/s1. The van der Waals surface area contributed by atoms with E-state index in [-0.39, 0.29) is 5.92 Å². The average molecular weight is 281 g/mol. The van der Waals surface area contributed by atoms with E-state index in [1.165, 1.54) is 7.11 Å². The van der Waals surface area contributed by atoms with Crippen LogP contribution in [0.2, 0.25) is 0 Å². The summed E-state index contributed by atoms with van der Waals surface area (Å²) in [4.78, 5) is 12.0. The van der Waals surface area contributed by atoms with Crippen LogP contribution in [0.5, 0.6) is 0 Å². The largest absolute Gasteiger partial charge is 0.467 e. The second-order valence-electron chi connectivity index (χ2n) is 5.15. The van der Waals surface area contributed by atoms with Crippen LogP contribution < -0.4 is 5.32 Å². The van der Waals surface area contributed by atoms with E-state index in [1.807, 2.05) is 30.3 Å². The Morgan fingerprint density at radius 2 is 1.95 bits per heavy atom. The van der Waals surface area contributed by atoms with Crippen molar-refractivity contribution in [1.29, 1.82) is 0 Å². The molecule has 0 saturated carbocycles. The summed E-state index contributed by atoms with van der Waals surface area (Å²) in [6, 6.07) is 9.46. The van der Waals surface area contributed by atoms with Gasteiger partial charge in [0.1, 0.15) is 0 Å². The van der Waals surface area contributed by atoms with Crippen molar-refractivity contribution in [3.63, 3.8) is 0 Å². The van der Waals surface area contributed by atoms with Crippen molar-refractivity contribution in [3.05, 3.63) is 35.9 Å². The van der Waals surface area contributed by atoms with Gasteiger partial charge in [-0.3, -0.25) is 5.32 Å². The number of methoxy groups -OCH3 is 1. The van der Waals surface area contributed by atoms with Gasteiger partial charge in [-0.2, -0.15) is 0 Å². The van der Waals surface area contributed by atoms with Crippen LogP contribution in [-0.4, -0.2) is 41.5 Å². The van der Waals surface area contributed by atoms with Crippen LogP contribution in [0, 0.1) is 5.92 Å². The minimum atomic E-state index is -1.52. The Morgan fingerprint density at radius 3 is 2.40 bits per heavy atom. The van der Waals surface area contributed by atoms with Crippen molar-refractivity contribution in [2.75, 3.05) is 13.7 Å². The fourth-order valence-electron chi connectivity index (χ4n) is 2.12. The molecular weight excluding hydrogens is 258 g/mol. The number of carbonyl (C=O) groups excluding carboxylic acids is 1. The first-order valence-electron chi connectivity index (χ1n) is 6.64. The Hall–Kier alpha value is -1.43. The fraction of sp³-hybridized carbons (Fsp3) is 0.533. The van der Waals surface area contributed by atoms with Crippen molar-refractivity contribution < 1.29 is 19.7 Å². The lowest BCUT2D eigenvalue weighted by Gasteiger charge is -2.36. The molecule has 0 heterocycles. The summed E-state index contributed by atoms with van der Waals surface area (Å²) < 4.78 is 4.74. The number of esters is 1. The number of hydrogen-bond donors (Lipinski definition) is 3. The van der Waals surface area contributed by atoms with Crippen LogP contribution in [-0.2, 0) is 16.1 Å². The Labute approximate surface area is 119 Å². The molecule has 0 fully saturated rings. The van der Waals surface area contributed by atoms with Gasteiger partial charge in [-0.15, -0.1) is 0 Å². The molecule has 1 aromatic carbocycles. The summed E-state index contributed by atoms with van der Waals surface area (Å²) in [5, 5.41) is 22.9. The van der Waals surface area contributed by atoms with Gasteiger partial charge in [0.05, 0.1) is 19.8 Å². The van der Waals surface area contributed by atoms with Crippen LogP contribution in [0.15, 0.2) is 30.3 Å². The number of carbonyl (C=O) groups is 1. The molecular formula is C15H23NO4. The summed E-state index contributed by atoms with van der Waals surface area (Å²) in [5.74, 6) is -0.873. The highest BCUT2D eigenvalue weighted by atomic mass is 16.5. The zero-order valence-electron chi connectivity index (χ0n) is 12.2. The third kappa shape index (κ3) is 3.56. The molecule has 20 heavy (non-hydrogen) atoms. The molecule has 5 heteroatoms. The first kappa shape index (κ1) is 16.6. The van der Waals surface area contributed by atoms with Crippen molar-refractivity contribution in [3.8, 4) is 0 Å². The highest BCUT2D eigenvalue weighted by Gasteiger charge is 2.47. The molecule has 0 aliphatic rings. The van der Waals surface area contributed by atoms with E-state index in [1.54, 1.807) is 13.8 Å². The zero-order chi connectivity index (χ0) is 15.2. The van der Waals surface area contributed by atoms with Gasteiger partial charge in [0, 0.05) is 6.54 Å². The smallest absolute Gasteiger partial charge is 0.331 e. The average Bonchev–Trinajstić information content (AvgIpc) is 2.48. The van der Waals surface area contributed by atoms with Crippen molar-refractivity contribution in [2.24, 2.45) is 5.92 Å². The van der Waals surface area contributed by atoms with Gasteiger partial charge in [-0.1, -0.05) is 44.2 Å². The van der Waals surface area contributed by atoms with Crippen LogP contribution in [0.25, 0.3) is 0 Å². The summed E-state index contributed by atoms with van der Waals surface area (Å²) in [5.41, 5.74) is -0.566. The summed E-state index contributed by atoms with van der Waals surface area (Å²) >= 11 is 0. The van der Waals surface area contributed by atoms with Crippen LogP contribution in [0.1, 0.15) is 19.4 Å². The van der Waals surface area contributed by atoms with E-state index in [4.69, 9.17) is 4.74 Å². The van der Waals surface area contributed by atoms with Crippen molar-refractivity contribution in [1.82, 2.24) is 5.32 Å². The molecule has 3 N–H and O–H groups in total. The second kappa shape index (κ2) is 7.38. The van der Waals surface area contributed by atoms with Crippen molar-refractivity contribution in [2.45, 2.75) is 32.0 Å². The van der Waals surface area contributed by atoms with Gasteiger partial charge in [0.2, 0.25) is 0 Å². The molecule has 112 valence electrons. The molecule has 5 nitrogen and oxygen atoms in total. The molecule has 1 rings (SSSR count). The van der Waals surface area contributed by atoms with Crippen LogP contribution in [0.3, 0.4) is 0 Å². The maximum atomic E-state index is 12.0. The minimum absolute atomic E-state index is 0.204. The Morgan fingerprint density at radius 1 is 1.35 bits per heavy atom. The molecule has 0 radical (unpaired) electrons. The zero-order valence-corrected chi connectivity index (χ0v) is 12.2. The van der Waals surface area contributed by atoms with E-state index in [9.17, 15) is 15.0 Å². The maximum Gasteiger partial charge on any atom is 0.331 e. The number of rotatable bonds is 7. The molecule has 0 spiro atoms. The van der Waals surface area contributed by atoms with E-state index in [2.05, 4.69) is 5.32 Å². The predicted octanol–water partition coefficient (Wildman–Crippen LogP) is 0.697. The summed E-state index contributed by atoms with van der Waals surface area (Å²) in [6.07, 6.45) is -1.05. The predicted molar refractivity (Wildman–Crippen MR) is 76.0 cm³/mol. The Kier molecular flexibility index (Phi) is 6.13. The monoisotopic (exact) mass is 281 g/mol. The number of benzene rings is 1. The van der Waals surface area contributed by atoms with E-state index < -0.39 is 24.2 Å². The molecule has 0 bridgehead atoms. The first-order valence-corrected chi connectivity index (χ1v) is 6.64. The SMILES string of the molecule is COC(=O)[C@](CO)(NCc1ccccc1)[C@@H](O)C(C)C. The highest BCUT2D eigenvalue weighted by molar-refractivity contribution is 5.82. The number of aliphatic hydroxyl groups excluding tert-OH is 2. The lowest BCUT2D eigenvalue weighted by atomic mass is 9.85. The van der Waals surface area contributed by atoms with Crippen molar-refractivity contribution >= 4 is 5.97 Å². The van der Waals surface area contributed by atoms with E-state index >= 15 is 0 Å². The van der Waals surface area contributed by atoms with Gasteiger partial charge in [-0.25, -0.2) is 4.79 Å². The van der Waals surface area contributed by atoms with Gasteiger partial charge < -0.3 is 14.9 Å². The van der Waals surface area contributed by atoms with Gasteiger partial charge in [0.25, 0.3) is 0 Å². The number of hydrogen-bond acceptors (Lipinski definition) is 5. The molecule has 0 aromatic heterocycles. The Bertz CT molecular complexity index is 421. The normalized spacial score (nSPS) is 15.7. The number of aliphatic hydroxyl groups is 2. The van der Waals surface area contributed by atoms with E-state index in [0.29, 0.717) is 6.54 Å². The Balaban J connectivity index is 2.95. The lowest BCUT2D eigenvalue weighted by Crippen LogP contribution is -2.64. The van der Waals surface area contributed by atoms with Crippen LogP contribution in [0.4, 0.5) is 0 Å². The quantitative estimate of drug-likeness (QED) is 0.641. The third-order valence-corrected chi connectivity index (χ3v) is 3.39. The molecule has 0 aliphatic heterocycles. The molecule has 0 saturated heterocycles. The minimum Gasteiger partial charge on any atom is -0.467 e. The molecule has 2 atom stereocenters. The highest BCUT2D eigenvalue weighted by Crippen LogP contribution is 2.20. The number of ether oxygens (including phenoxy) is 1. The third-order valence-electron chi connectivity index (χ3n) is 3.39. The summed E-state index contributed by atoms with van der Waals surface area (Å²) in [7, 11) is 1.24. The van der Waals surface area contributed by atoms with E-state index in [0.717, 1.165) is 5.56 Å². The molecule has 0 aliphatic carbocycles. The topological polar surface area (TPSA) is 78.8 Å². The van der Waals surface area contributed by atoms with Gasteiger partial charge in [-0.05, 0) is 11.5 Å². The molecule has 0 unspecified atom stereocenters. The van der Waals surface area contributed by atoms with Gasteiger partial charge in [0.15, 0.2) is 5.54 Å². The first-order chi connectivity index (χ1) is 9.47. The van der Waals surface area contributed by atoms with Crippen LogP contribution >= 0.6 is 0 Å². The molecule has 0 amide bonds. The lowest BCUT2D eigenvalue weighted by molar-refractivity contribution is -0.159. The van der Waals surface area contributed by atoms with Gasteiger partial charge >= 0.3 is 5.97 Å². The number of nitrogens with one attached hydrogen (secondary N) is 1. The molecule has 1 aromatic rings. The summed E-state index contributed by atoms with van der Waals surface area (Å²) in [6.45, 7) is 3.37.